The second-order valence-electron chi connectivity index (χ2n) is 4.43. The van der Waals surface area contributed by atoms with Crippen molar-refractivity contribution in [3.05, 3.63) is 11.9 Å². The first-order valence-corrected chi connectivity index (χ1v) is 7.15. The lowest BCUT2D eigenvalue weighted by Crippen LogP contribution is -2.12. The lowest BCUT2D eigenvalue weighted by atomic mass is 10.1. The summed E-state index contributed by atoms with van der Waals surface area (Å²) in [7, 11) is 3.56. The van der Waals surface area contributed by atoms with Gasteiger partial charge in [0, 0.05) is 32.9 Å². The Bertz CT molecular complexity index is 374. The number of anilines is 2. The van der Waals surface area contributed by atoms with Gasteiger partial charge in [0.25, 0.3) is 0 Å². The van der Waals surface area contributed by atoms with Crippen LogP contribution < -0.4 is 10.6 Å². The van der Waals surface area contributed by atoms with E-state index in [1.165, 1.54) is 0 Å². The summed E-state index contributed by atoms with van der Waals surface area (Å²) in [5, 5.41) is 6.48. The fourth-order valence-corrected chi connectivity index (χ4v) is 1.89. The standard InChI is InChI=1S/C14H26N4O2/c1-4-6-12-13(15-2)17-11-18-14(12)16-7-5-8-20-10-9-19-3/h11H,4-10H2,1-3H3,(H2,15,16,17,18). The Kier molecular flexibility index (Phi) is 8.66. The van der Waals surface area contributed by atoms with Crippen LogP contribution in [-0.2, 0) is 15.9 Å². The second-order valence-corrected chi connectivity index (χ2v) is 4.43. The van der Waals surface area contributed by atoms with Crippen molar-refractivity contribution in [2.45, 2.75) is 26.2 Å². The number of hydrogen-bond donors (Lipinski definition) is 2. The summed E-state index contributed by atoms with van der Waals surface area (Å²) in [5.41, 5.74) is 1.15. The second kappa shape index (κ2) is 10.4. The molecule has 0 aliphatic carbocycles. The van der Waals surface area contributed by atoms with Crippen LogP contribution in [0.25, 0.3) is 0 Å². The number of nitrogens with one attached hydrogen (secondary N) is 2. The molecule has 114 valence electrons. The van der Waals surface area contributed by atoms with Crippen molar-refractivity contribution in [2.75, 3.05) is 51.2 Å². The predicted molar refractivity (Wildman–Crippen MR) is 81.4 cm³/mol. The Hall–Kier alpha value is -1.40. The van der Waals surface area contributed by atoms with Gasteiger partial charge in [0.1, 0.15) is 18.0 Å². The molecule has 1 aromatic rings. The zero-order valence-electron chi connectivity index (χ0n) is 12.7. The maximum atomic E-state index is 5.42. The van der Waals surface area contributed by atoms with Crippen molar-refractivity contribution >= 4 is 11.6 Å². The van der Waals surface area contributed by atoms with Crippen LogP contribution in [0.5, 0.6) is 0 Å². The van der Waals surface area contributed by atoms with Gasteiger partial charge in [0.15, 0.2) is 0 Å². The highest BCUT2D eigenvalue weighted by molar-refractivity contribution is 5.57. The molecule has 0 aliphatic heterocycles. The van der Waals surface area contributed by atoms with E-state index in [9.17, 15) is 0 Å². The van der Waals surface area contributed by atoms with Crippen molar-refractivity contribution < 1.29 is 9.47 Å². The van der Waals surface area contributed by atoms with Gasteiger partial charge in [-0.15, -0.1) is 0 Å². The van der Waals surface area contributed by atoms with E-state index < -0.39 is 0 Å². The van der Waals surface area contributed by atoms with Crippen LogP contribution in [0.4, 0.5) is 11.6 Å². The summed E-state index contributed by atoms with van der Waals surface area (Å²) in [6, 6.07) is 0. The van der Waals surface area contributed by atoms with E-state index in [-0.39, 0.29) is 0 Å². The highest BCUT2D eigenvalue weighted by Crippen LogP contribution is 2.20. The Morgan fingerprint density at radius 3 is 2.65 bits per heavy atom. The smallest absolute Gasteiger partial charge is 0.134 e. The molecule has 0 aromatic carbocycles. The van der Waals surface area contributed by atoms with Crippen molar-refractivity contribution in [1.82, 2.24) is 9.97 Å². The lowest BCUT2D eigenvalue weighted by molar-refractivity contribution is 0.0705. The summed E-state index contributed by atoms with van der Waals surface area (Å²) in [6.07, 6.45) is 4.55. The number of methoxy groups -OCH3 is 1. The van der Waals surface area contributed by atoms with Crippen LogP contribution in [0.2, 0.25) is 0 Å². The van der Waals surface area contributed by atoms with Gasteiger partial charge in [-0.1, -0.05) is 13.3 Å². The van der Waals surface area contributed by atoms with E-state index in [0.717, 1.165) is 49.6 Å². The third-order valence-electron chi connectivity index (χ3n) is 2.87. The van der Waals surface area contributed by atoms with Crippen molar-refractivity contribution in [2.24, 2.45) is 0 Å². The van der Waals surface area contributed by atoms with Gasteiger partial charge >= 0.3 is 0 Å². The van der Waals surface area contributed by atoms with E-state index in [1.807, 2.05) is 7.05 Å². The van der Waals surface area contributed by atoms with Gasteiger partial charge < -0.3 is 20.1 Å². The third-order valence-corrected chi connectivity index (χ3v) is 2.87. The maximum Gasteiger partial charge on any atom is 0.134 e. The number of ether oxygens (including phenoxy) is 2. The Morgan fingerprint density at radius 2 is 1.95 bits per heavy atom. The first kappa shape index (κ1) is 16.7. The molecule has 2 N–H and O–H groups in total. The molecule has 0 amide bonds. The zero-order chi connectivity index (χ0) is 14.6. The summed E-state index contributed by atoms with van der Waals surface area (Å²) < 4.78 is 10.3. The van der Waals surface area contributed by atoms with Gasteiger partial charge in [0.05, 0.1) is 13.2 Å². The molecule has 6 heteroatoms. The first-order chi connectivity index (χ1) is 9.83. The van der Waals surface area contributed by atoms with Crippen LogP contribution in [0.1, 0.15) is 25.3 Å². The van der Waals surface area contributed by atoms with Crippen LogP contribution in [-0.4, -0.2) is 50.5 Å². The maximum absolute atomic E-state index is 5.42. The van der Waals surface area contributed by atoms with E-state index >= 15 is 0 Å². The molecule has 0 saturated heterocycles. The summed E-state index contributed by atoms with van der Waals surface area (Å²) in [6.45, 7) is 5.01. The molecule has 0 saturated carbocycles. The first-order valence-electron chi connectivity index (χ1n) is 7.15. The van der Waals surface area contributed by atoms with Gasteiger partial charge in [-0.3, -0.25) is 0 Å². The molecule has 0 unspecified atom stereocenters. The molecular weight excluding hydrogens is 256 g/mol. The molecule has 0 fully saturated rings. The molecule has 0 spiro atoms. The third kappa shape index (κ3) is 5.71. The quantitative estimate of drug-likeness (QED) is 0.605. The monoisotopic (exact) mass is 282 g/mol. The van der Waals surface area contributed by atoms with Crippen molar-refractivity contribution in [3.63, 3.8) is 0 Å². The normalized spacial score (nSPS) is 10.6. The fraction of sp³-hybridized carbons (Fsp3) is 0.714. The topological polar surface area (TPSA) is 68.3 Å². The molecule has 6 nitrogen and oxygen atoms in total. The predicted octanol–water partition coefficient (Wildman–Crippen LogP) is 1.94. The highest BCUT2D eigenvalue weighted by Gasteiger charge is 2.08. The van der Waals surface area contributed by atoms with E-state index in [1.54, 1.807) is 13.4 Å². The minimum atomic E-state index is 0.644. The van der Waals surface area contributed by atoms with Gasteiger partial charge in [-0.05, 0) is 12.8 Å². The Labute approximate surface area is 121 Å². The lowest BCUT2D eigenvalue weighted by Gasteiger charge is -2.13. The molecule has 1 aromatic heterocycles. The number of nitrogens with zero attached hydrogens (tertiary/aromatic N) is 2. The molecule has 1 rings (SSSR count). The largest absolute Gasteiger partial charge is 0.382 e. The summed E-state index contributed by atoms with van der Waals surface area (Å²) in [4.78, 5) is 8.58. The van der Waals surface area contributed by atoms with Crippen molar-refractivity contribution in [3.8, 4) is 0 Å². The molecule has 1 heterocycles. The van der Waals surface area contributed by atoms with E-state index in [4.69, 9.17) is 9.47 Å². The Balaban J connectivity index is 2.39. The molecule has 0 aliphatic rings. The van der Waals surface area contributed by atoms with E-state index in [0.29, 0.717) is 13.2 Å². The molecule has 0 atom stereocenters. The Morgan fingerprint density at radius 1 is 1.15 bits per heavy atom. The fourth-order valence-electron chi connectivity index (χ4n) is 1.89. The van der Waals surface area contributed by atoms with Crippen LogP contribution in [0.15, 0.2) is 6.33 Å². The van der Waals surface area contributed by atoms with Gasteiger partial charge in [-0.2, -0.15) is 0 Å². The number of aromatic nitrogens is 2. The van der Waals surface area contributed by atoms with E-state index in [2.05, 4.69) is 27.5 Å². The molecular formula is C14H26N4O2. The average Bonchev–Trinajstić information content (AvgIpc) is 2.48. The summed E-state index contributed by atoms with van der Waals surface area (Å²) >= 11 is 0. The van der Waals surface area contributed by atoms with Gasteiger partial charge in [0.2, 0.25) is 0 Å². The molecule has 0 radical (unpaired) electrons. The van der Waals surface area contributed by atoms with Crippen LogP contribution in [0, 0.1) is 0 Å². The number of hydrogen-bond acceptors (Lipinski definition) is 6. The highest BCUT2D eigenvalue weighted by atomic mass is 16.5. The zero-order valence-corrected chi connectivity index (χ0v) is 12.7. The van der Waals surface area contributed by atoms with Crippen molar-refractivity contribution in [1.29, 1.82) is 0 Å². The van der Waals surface area contributed by atoms with Crippen LogP contribution in [0.3, 0.4) is 0 Å². The minimum absolute atomic E-state index is 0.644. The van der Waals surface area contributed by atoms with Gasteiger partial charge in [-0.25, -0.2) is 9.97 Å². The minimum Gasteiger partial charge on any atom is -0.382 e. The summed E-state index contributed by atoms with van der Waals surface area (Å²) in [5.74, 6) is 1.82. The average molecular weight is 282 g/mol. The molecule has 0 bridgehead atoms. The van der Waals surface area contributed by atoms with Crippen LogP contribution >= 0.6 is 0 Å². The number of rotatable bonds is 11. The SMILES string of the molecule is CCCc1c(NC)ncnc1NCCCOCCOC. The molecule has 20 heavy (non-hydrogen) atoms.